The van der Waals surface area contributed by atoms with E-state index in [-0.39, 0.29) is 12.6 Å². The Hall–Kier alpha value is -2.14. The number of carboxylic acids is 1. The SMILES string of the molecule is CCC(C)N(CC(=O)O)Cc1ncc(-c2ccccc2)o1. The third-order valence-electron chi connectivity index (χ3n) is 3.50. The maximum absolute atomic E-state index is 11.0. The average molecular weight is 288 g/mol. The van der Waals surface area contributed by atoms with Gasteiger partial charge in [0.2, 0.25) is 5.89 Å². The van der Waals surface area contributed by atoms with Crippen LogP contribution in [-0.2, 0) is 11.3 Å². The van der Waals surface area contributed by atoms with Gasteiger partial charge in [-0.25, -0.2) is 4.98 Å². The molecular formula is C16H20N2O3. The third kappa shape index (κ3) is 4.16. The zero-order valence-corrected chi connectivity index (χ0v) is 12.3. The average Bonchev–Trinajstić information content (AvgIpc) is 2.95. The van der Waals surface area contributed by atoms with Gasteiger partial charge < -0.3 is 9.52 Å². The summed E-state index contributed by atoms with van der Waals surface area (Å²) in [6.07, 6.45) is 2.56. The predicted molar refractivity (Wildman–Crippen MR) is 79.7 cm³/mol. The Bertz CT molecular complexity index is 580. The van der Waals surface area contributed by atoms with Crippen LogP contribution < -0.4 is 0 Å². The van der Waals surface area contributed by atoms with Crippen molar-refractivity contribution >= 4 is 5.97 Å². The maximum atomic E-state index is 11.0. The van der Waals surface area contributed by atoms with Crippen molar-refractivity contribution in [3.63, 3.8) is 0 Å². The molecule has 21 heavy (non-hydrogen) atoms. The van der Waals surface area contributed by atoms with Crippen molar-refractivity contribution in [3.8, 4) is 11.3 Å². The molecule has 5 nitrogen and oxygen atoms in total. The Kier molecular flexibility index (Phi) is 5.11. The van der Waals surface area contributed by atoms with Crippen LogP contribution in [0.25, 0.3) is 11.3 Å². The van der Waals surface area contributed by atoms with E-state index in [1.165, 1.54) is 0 Å². The van der Waals surface area contributed by atoms with E-state index in [9.17, 15) is 4.79 Å². The number of nitrogens with zero attached hydrogens (tertiary/aromatic N) is 2. The van der Waals surface area contributed by atoms with Crippen molar-refractivity contribution in [1.29, 1.82) is 0 Å². The van der Waals surface area contributed by atoms with Crippen LogP contribution >= 0.6 is 0 Å². The highest BCUT2D eigenvalue weighted by atomic mass is 16.4. The Morgan fingerprint density at radius 3 is 2.71 bits per heavy atom. The zero-order chi connectivity index (χ0) is 15.2. The summed E-state index contributed by atoms with van der Waals surface area (Å²) in [5, 5.41) is 9.00. The van der Waals surface area contributed by atoms with Gasteiger partial charge in [-0.15, -0.1) is 0 Å². The van der Waals surface area contributed by atoms with Gasteiger partial charge in [-0.1, -0.05) is 37.3 Å². The molecule has 0 aliphatic rings. The smallest absolute Gasteiger partial charge is 0.317 e. The molecule has 112 valence electrons. The Morgan fingerprint density at radius 1 is 1.38 bits per heavy atom. The van der Waals surface area contributed by atoms with E-state index in [0.29, 0.717) is 18.2 Å². The summed E-state index contributed by atoms with van der Waals surface area (Å²) in [5.74, 6) is 0.394. The number of rotatable bonds is 7. The summed E-state index contributed by atoms with van der Waals surface area (Å²) < 4.78 is 5.73. The second kappa shape index (κ2) is 7.04. The molecule has 0 saturated heterocycles. The largest absolute Gasteiger partial charge is 0.480 e. The summed E-state index contributed by atoms with van der Waals surface area (Å²) in [7, 11) is 0. The van der Waals surface area contributed by atoms with E-state index in [0.717, 1.165) is 12.0 Å². The fraction of sp³-hybridized carbons (Fsp3) is 0.375. The molecule has 1 atom stereocenters. The summed E-state index contributed by atoms with van der Waals surface area (Å²) in [6.45, 7) is 4.42. The number of aliphatic carboxylic acids is 1. The van der Waals surface area contributed by atoms with Crippen LogP contribution in [0, 0.1) is 0 Å². The van der Waals surface area contributed by atoms with Crippen molar-refractivity contribution in [1.82, 2.24) is 9.88 Å². The molecule has 0 saturated carbocycles. The molecule has 0 radical (unpaired) electrons. The first kappa shape index (κ1) is 15.3. The predicted octanol–water partition coefficient (Wildman–Crippen LogP) is 3.03. The standard InChI is InChI=1S/C16H20N2O3/c1-3-12(2)18(11-16(19)20)10-15-17-9-14(21-15)13-7-5-4-6-8-13/h4-9,12H,3,10-11H2,1-2H3,(H,19,20). The van der Waals surface area contributed by atoms with Crippen LogP contribution in [0.3, 0.4) is 0 Å². The maximum Gasteiger partial charge on any atom is 0.317 e. The molecule has 1 N–H and O–H groups in total. The Morgan fingerprint density at radius 2 is 2.10 bits per heavy atom. The summed E-state index contributed by atoms with van der Waals surface area (Å²) in [5.41, 5.74) is 0.963. The molecule has 5 heteroatoms. The van der Waals surface area contributed by atoms with Crippen molar-refractivity contribution in [3.05, 3.63) is 42.4 Å². The molecule has 1 aromatic carbocycles. The Balaban J connectivity index is 2.11. The van der Waals surface area contributed by atoms with Gasteiger partial charge in [-0.3, -0.25) is 9.69 Å². The van der Waals surface area contributed by atoms with Gasteiger partial charge in [-0.2, -0.15) is 0 Å². The van der Waals surface area contributed by atoms with E-state index in [1.54, 1.807) is 6.20 Å². The van der Waals surface area contributed by atoms with Gasteiger partial charge >= 0.3 is 5.97 Å². The Labute approximate surface area is 124 Å². The lowest BCUT2D eigenvalue weighted by atomic mass is 10.2. The fourth-order valence-electron chi connectivity index (χ4n) is 2.09. The lowest BCUT2D eigenvalue weighted by Crippen LogP contribution is -2.36. The second-order valence-corrected chi connectivity index (χ2v) is 5.04. The molecule has 0 bridgehead atoms. The number of oxazole rings is 1. The van der Waals surface area contributed by atoms with Gasteiger partial charge in [0.15, 0.2) is 5.76 Å². The summed E-state index contributed by atoms with van der Waals surface area (Å²) in [4.78, 5) is 17.1. The minimum absolute atomic E-state index is 0.0158. The van der Waals surface area contributed by atoms with Crippen LogP contribution in [-0.4, -0.2) is 33.5 Å². The molecule has 1 unspecified atom stereocenters. The van der Waals surface area contributed by atoms with Crippen molar-refractivity contribution in [2.45, 2.75) is 32.9 Å². The molecule has 0 aliphatic carbocycles. The van der Waals surface area contributed by atoms with E-state index in [1.807, 2.05) is 49.1 Å². The molecule has 1 aromatic heterocycles. The minimum Gasteiger partial charge on any atom is -0.480 e. The van der Waals surface area contributed by atoms with Gasteiger partial charge in [0.25, 0.3) is 0 Å². The van der Waals surface area contributed by atoms with Gasteiger partial charge in [0.1, 0.15) is 0 Å². The number of hydrogen-bond acceptors (Lipinski definition) is 4. The van der Waals surface area contributed by atoms with E-state index < -0.39 is 5.97 Å². The topological polar surface area (TPSA) is 66.6 Å². The molecule has 0 fully saturated rings. The fourth-order valence-corrected chi connectivity index (χ4v) is 2.09. The van der Waals surface area contributed by atoms with Crippen LogP contribution in [0.4, 0.5) is 0 Å². The van der Waals surface area contributed by atoms with Gasteiger partial charge in [0, 0.05) is 11.6 Å². The number of aromatic nitrogens is 1. The van der Waals surface area contributed by atoms with Gasteiger partial charge in [-0.05, 0) is 13.3 Å². The first-order valence-electron chi connectivity index (χ1n) is 7.06. The molecule has 0 aliphatic heterocycles. The molecular weight excluding hydrogens is 268 g/mol. The third-order valence-corrected chi connectivity index (χ3v) is 3.50. The highest BCUT2D eigenvalue weighted by Gasteiger charge is 2.18. The normalized spacial score (nSPS) is 12.5. The number of hydrogen-bond donors (Lipinski definition) is 1. The summed E-state index contributed by atoms with van der Waals surface area (Å²) >= 11 is 0. The molecule has 1 heterocycles. The van der Waals surface area contributed by atoms with Crippen LogP contribution in [0.2, 0.25) is 0 Å². The number of benzene rings is 1. The monoisotopic (exact) mass is 288 g/mol. The highest BCUT2D eigenvalue weighted by Crippen LogP contribution is 2.21. The molecule has 2 aromatic rings. The van der Waals surface area contributed by atoms with Crippen LogP contribution in [0.15, 0.2) is 40.9 Å². The zero-order valence-electron chi connectivity index (χ0n) is 12.3. The van der Waals surface area contributed by atoms with Crippen molar-refractivity contribution < 1.29 is 14.3 Å². The lowest BCUT2D eigenvalue weighted by Gasteiger charge is -2.24. The van der Waals surface area contributed by atoms with E-state index in [4.69, 9.17) is 9.52 Å². The lowest BCUT2D eigenvalue weighted by molar-refractivity contribution is -0.139. The quantitative estimate of drug-likeness (QED) is 0.848. The first-order chi connectivity index (χ1) is 10.1. The minimum atomic E-state index is -0.842. The second-order valence-electron chi connectivity index (χ2n) is 5.04. The van der Waals surface area contributed by atoms with Crippen molar-refractivity contribution in [2.24, 2.45) is 0 Å². The number of carbonyl (C=O) groups is 1. The molecule has 0 spiro atoms. The van der Waals surface area contributed by atoms with Crippen molar-refractivity contribution in [2.75, 3.05) is 6.54 Å². The molecule has 2 rings (SSSR count). The van der Waals surface area contributed by atoms with E-state index >= 15 is 0 Å². The summed E-state index contributed by atoms with van der Waals surface area (Å²) in [6, 6.07) is 9.88. The van der Waals surface area contributed by atoms with Gasteiger partial charge in [0.05, 0.1) is 19.3 Å². The van der Waals surface area contributed by atoms with Crippen LogP contribution in [0.1, 0.15) is 26.2 Å². The molecule has 0 amide bonds. The number of carboxylic acid groups (broad SMARTS) is 1. The highest BCUT2D eigenvalue weighted by molar-refractivity contribution is 5.69. The first-order valence-corrected chi connectivity index (χ1v) is 7.06. The van der Waals surface area contributed by atoms with E-state index in [2.05, 4.69) is 4.98 Å². The van der Waals surface area contributed by atoms with Crippen LogP contribution in [0.5, 0.6) is 0 Å².